The standard InChI is InChI=1S/C24H21N3O2S/c1-17-22(16-30-21-8-3-2-4-9-21)27-24(29-17)19-12-10-18(11-13-19)23(28)26-15-20-7-5-6-14-25-20/h2-14H,15-16H2,1H3,(H,26,28). The number of pyridine rings is 1. The zero-order valence-corrected chi connectivity index (χ0v) is 17.4. The lowest BCUT2D eigenvalue weighted by atomic mass is 10.1. The molecule has 0 radical (unpaired) electrons. The van der Waals surface area contributed by atoms with Gasteiger partial charge in [0.1, 0.15) is 5.76 Å². The van der Waals surface area contributed by atoms with Crippen LogP contribution < -0.4 is 5.32 Å². The summed E-state index contributed by atoms with van der Waals surface area (Å²) >= 11 is 1.73. The molecule has 5 nitrogen and oxygen atoms in total. The number of nitrogens with zero attached hydrogens (tertiary/aromatic N) is 2. The second-order valence-corrected chi connectivity index (χ2v) is 7.75. The summed E-state index contributed by atoms with van der Waals surface area (Å²) in [5, 5.41) is 2.88. The van der Waals surface area contributed by atoms with Gasteiger partial charge in [-0.15, -0.1) is 11.8 Å². The van der Waals surface area contributed by atoms with E-state index in [-0.39, 0.29) is 5.91 Å². The summed E-state index contributed by atoms with van der Waals surface area (Å²) in [4.78, 5) is 22.4. The second kappa shape index (κ2) is 9.41. The first-order valence-electron chi connectivity index (χ1n) is 9.62. The number of aryl methyl sites for hydroxylation is 1. The van der Waals surface area contributed by atoms with E-state index in [9.17, 15) is 4.79 Å². The van der Waals surface area contributed by atoms with Crippen molar-refractivity contribution in [1.82, 2.24) is 15.3 Å². The van der Waals surface area contributed by atoms with Gasteiger partial charge in [0.2, 0.25) is 5.89 Å². The number of hydrogen-bond acceptors (Lipinski definition) is 5. The summed E-state index contributed by atoms with van der Waals surface area (Å²) in [5.41, 5.74) is 3.17. The third kappa shape index (κ3) is 4.96. The maximum atomic E-state index is 12.4. The molecule has 2 heterocycles. The van der Waals surface area contributed by atoms with Gasteiger partial charge in [0.15, 0.2) is 0 Å². The molecule has 1 N–H and O–H groups in total. The van der Waals surface area contributed by atoms with Gasteiger partial charge in [0, 0.05) is 28.0 Å². The highest BCUT2D eigenvalue weighted by molar-refractivity contribution is 7.98. The number of carbonyl (C=O) groups is 1. The van der Waals surface area contributed by atoms with Crippen molar-refractivity contribution in [3.8, 4) is 11.5 Å². The number of aromatic nitrogens is 2. The van der Waals surface area contributed by atoms with Crippen molar-refractivity contribution < 1.29 is 9.21 Å². The van der Waals surface area contributed by atoms with Gasteiger partial charge in [-0.05, 0) is 55.5 Å². The van der Waals surface area contributed by atoms with Crippen LogP contribution in [0.2, 0.25) is 0 Å². The first kappa shape index (κ1) is 19.9. The molecule has 1 amide bonds. The van der Waals surface area contributed by atoms with Crippen molar-refractivity contribution in [2.45, 2.75) is 24.1 Å². The highest BCUT2D eigenvalue weighted by Crippen LogP contribution is 2.27. The number of amides is 1. The summed E-state index contributed by atoms with van der Waals surface area (Å²) in [5.74, 6) is 1.98. The minimum Gasteiger partial charge on any atom is -0.441 e. The smallest absolute Gasteiger partial charge is 0.251 e. The fourth-order valence-corrected chi connectivity index (χ4v) is 3.81. The molecule has 4 rings (SSSR count). The monoisotopic (exact) mass is 415 g/mol. The van der Waals surface area contributed by atoms with E-state index < -0.39 is 0 Å². The molecule has 0 saturated heterocycles. The van der Waals surface area contributed by atoms with Crippen LogP contribution in [0.1, 0.15) is 27.5 Å². The van der Waals surface area contributed by atoms with Crippen LogP contribution in [0.3, 0.4) is 0 Å². The number of carbonyl (C=O) groups excluding carboxylic acids is 1. The van der Waals surface area contributed by atoms with Gasteiger partial charge in [0.05, 0.1) is 17.9 Å². The van der Waals surface area contributed by atoms with Crippen LogP contribution in [0, 0.1) is 6.92 Å². The largest absolute Gasteiger partial charge is 0.441 e. The highest BCUT2D eigenvalue weighted by Gasteiger charge is 2.13. The zero-order valence-electron chi connectivity index (χ0n) is 16.5. The fourth-order valence-electron chi connectivity index (χ4n) is 2.89. The minimum absolute atomic E-state index is 0.143. The van der Waals surface area contributed by atoms with Gasteiger partial charge in [-0.25, -0.2) is 4.98 Å². The number of rotatable bonds is 7. The van der Waals surface area contributed by atoms with E-state index in [0.29, 0.717) is 18.0 Å². The zero-order chi connectivity index (χ0) is 20.8. The van der Waals surface area contributed by atoms with Crippen LogP contribution in [0.25, 0.3) is 11.5 Å². The number of oxazole rings is 1. The number of hydrogen-bond donors (Lipinski definition) is 1. The Balaban J connectivity index is 1.39. The van der Waals surface area contributed by atoms with Crippen molar-refractivity contribution in [1.29, 1.82) is 0 Å². The Bertz CT molecular complexity index is 1110. The molecule has 0 aliphatic heterocycles. The van der Waals surface area contributed by atoms with Gasteiger partial charge in [0.25, 0.3) is 5.91 Å². The molecule has 2 aromatic carbocycles. The number of nitrogens with one attached hydrogen (secondary N) is 1. The maximum Gasteiger partial charge on any atom is 0.251 e. The van der Waals surface area contributed by atoms with Crippen molar-refractivity contribution in [2.75, 3.05) is 0 Å². The molecule has 30 heavy (non-hydrogen) atoms. The third-order valence-electron chi connectivity index (χ3n) is 4.56. The van der Waals surface area contributed by atoms with E-state index >= 15 is 0 Å². The van der Waals surface area contributed by atoms with Gasteiger partial charge < -0.3 is 9.73 Å². The van der Waals surface area contributed by atoms with Crippen LogP contribution in [0.15, 0.2) is 88.3 Å². The summed E-state index contributed by atoms with van der Waals surface area (Å²) < 4.78 is 5.86. The first-order chi connectivity index (χ1) is 14.7. The molecule has 0 aliphatic carbocycles. The van der Waals surface area contributed by atoms with Gasteiger partial charge >= 0.3 is 0 Å². The predicted octanol–water partition coefficient (Wildman–Crippen LogP) is 5.27. The Kier molecular flexibility index (Phi) is 6.25. The molecule has 6 heteroatoms. The van der Waals surface area contributed by atoms with Gasteiger partial charge in [-0.1, -0.05) is 24.3 Å². The Morgan fingerprint density at radius 3 is 2.50 bits per heavy atom. The molecule has 0 unspecified atom stereocenters. The Hall–Kier alpha value is -3.38. The molecule has 4 aromatic rings. The van der Waals surface area contributed by atoms with E-state index in [1.807, 2.05) is 55.5 Å². The topological polar surface area (TPSA) is 68.0 Å². The number of benzene rings is 2. The van der Waals surface area contributed by atoms with Gasteiger partial charge in [-0.2, -0.15) is 0 Å². The van der Waals surface area contributed by atoms with E-state index in [1.165, 1.54) is 4.90 Å². The van der Waals surface area contributed by atoms with Crippen molar-refractivity contribution in [3.63, 3.8) is 0 Å². The SMILES string of the molecule is Cc1oc(-c2ccc(C(=O)NCc3ccccn3)cc2)nc1CSc1ccccc1. The number of thioether (sulfide) groups is 1. The van der Waals surface area contributed by atoms with Crippen molar-refractivity contribution in [3.05, 3.63) is 102 Å². The molecule has 0 spiro atoms. The lowest BCUT2D eigenvalue weighted by Gasteiger charge is -2.05. The lowest BCUT2D eigenvalue weighted by molar-refractivity contribution is 0.0950. The molecule has 2 aromatic heterocycles. The van der Waals surface area contributed by atoms with E-state index in [2.05, 4.69) is 27.4 Å². The van der Waals surface area contributed by atoms with Crippen LogP contribution in [0.5, 0.6) is 0 Å². The predicted molar refractivity (Wildman–Crippen MR) is 118 cm³/mol. The van der Waals surface area contributed by atoms with Crippen molar-refractivity contribution >= 4 is 17.7 Å². The van der Waals surface area contributed by atoms with E-state index in [0.717, 1.165) is 28.5 Å². The van der Waals surface area contributed by atoms with Crippen molar-refractivity contribution in [2.24, 2.45) is 0 Å². The maximum absolute atomic E-state index is 12.4. The lowest BCUT2D eigenvalue weighted by Crippen LogP contribution is -2.23. The molecular formula is C24H21N3O2S. The summed E-state index contributed by atoms with van der Waals surface area (Å²) in [6.45, 7) is 2.32. The quantitative estimate of drug-likeness (QED) is 0.417. The van der Waals surface area contributed by atoms with Crippen LogP contribution >= 0.6 is 11.8 Å². The Morgan fingerprint density at radius 2 is 1.77 bits per heavy atom. The van der Waals surface area contributed by atoms with Crippen LogP contribution in [-0.2, 0) is 12.3 Å². The minimum atomic E-state index is -0.143. The molecule has 0 bridgehead atoms. The van der Waals surface area contributed by atoms with Crippen LogP contribution in [0.4, 0.5) is 0 Å². The summed E-state index contributed by atoms with van der Waals surface area (Å²) in [7, 11) is 0. The van der Waals surface area contributed by atoms with E-state index in [1.54, 1.807) is 30.1 Å². The first-order valence-corrected chi connectivity index (χ1v) is 10.6. The molecule has 150 valence electrons. The molecule has 0 aliphatic rings. The summed E-state index contributed by atoms with van der Waals surface area (Å²) in [6, 6.07) is 23.1. The molecule has 0 saturated carbocycles. The van der Waals surface area contributed by atoms with Crippen LogP contribution in [-0.4, -0.2) is 15.9 Å². The highest BCUT2D eigenvalue weighted by atomic mass is 32.2. The fraction of sp³-hybridized carbons (Fsp3) is 0.125. The Morgan fingerprint density at radius 1 is 1.00 bits per heavy atom. The van der Waals surface area contributed by atoms with Gasteiger partial charge in [-0.3, -0.25) is 9.78 Å². The summed E-state index contributed by atoms with van der Waals surface area (Å²) in [6.07, 6.45) is 1.71. The van der Waals surface area contributed by atoms with E-state index in [4.69, 9.17) is 4.42 Å². The molecular weight excluding hydrogens is 394 g/mol. The average molecular weight is 416 g/mol. The molecule has 0 fully saturated rings. The third-order valence-corrected chi connectivity index (χ3v) is 5.58. The Labute approximate surface area is 179 Å². The second-order valence-electron chi connectivity index (χ2n) is 6.70. The average Bonchev–Trinajstić information content (AvgIpc) is 3.18. The molecule has 0 atom stereocenters. The normalized spacial score (nSPS) is 10.7.